The lowest BCUT2D eigenvalue weighted by molar-refractivity contribution is -0.165. The summed E-state index contributed by atoms with van der Waals surface area (Å²) in [5, 5.41) is 3.08. The summed E-state index contributed by atoms with van der Waals surface area (Å²) in [5.41, 5.74) is 0.961. The number of esters is 1. The van der Waals surface area contributed by atoms with Crippen LogP contribution >= 0.6 is 11.3 Å². The monoisotopic (exact) mass is 491 g/mol. The minimum absolute atomic E-state index is 0.0376. The quantitative estimate of drug-likeness (QED) is 0.388. The molecule has 1 atom stereocenters. The predicted octanol–water partition coefficient (Wildman–Crippen LogP) is 4.52. The average molecular weight is 491 g/mol. The van der Waals surface area contributed by atoms with E-state index in [2.05, 4.69) is 22.2 Å². The largest absolute Gasteiger partial charge is 0.454 e. The van der Waals surface area contributed by atoms with Gasteiger partial charge in [-0.05, 0) is 42.9 Å². The first-order chi connectivity index (χ1) is 16.1. The van der Waals surface area contributed by atoms with E-state index in [1.54, 1.807) is 12.1 Å². The number of rotatable bonds is 6. The average Bonchev–Trinajstić information content (AvgIpc) is 3.14. The van der Waals surface area contributed by atoms with Gasteiger partial charge in [-0.25, -0.2) is 9.78 Å². The van der Waals surface area contributed by atoms with E-state index >= 15 is 0 Å². The van der Waals surface area contributed by atoms with Gasteiger partial charge in [0.25, 0.3) is 11.3 Å². The number of aromatic nitrogens is 2. The molecule has 2 aromatic heterocycles. The number of aryl methyl sites for hydroxylation is 1. The van der Waals surface area contributed by atoms with Crippen molar-refractivity contribution in [3.05, 3.63) is 68.7 Å². The van der Waals surface area contributed by atoms with Crippen LogP contribution in [0.25, 0.3) is 10.2 Å². The highest BCUT2D eigenvalue weighted by Crippen LogP contribution is 2.35. The molecular formula is C23H20F3N3O4S. The molecule has 2 N–H and O–H groups in total. The number of anilines is 1. The van der Waals surface area contributed by atoms with E-state index < -0.39 is 17.9 Å². The number of hydrogen-bond donors (Lipinski definition) is 2. The summed E-state index contributed by atoms with van der Waals surface area (Å²) in [6.45, 7) is 1.88. The zero-order chi connectivity index (χ0) is 24.5. The van der Waals surface area contributed by atoms with Crippen molar-refractivity contribution in [2.45, 2.75) is 39.0 Å². The number of fused-ring (bicyclic) bond motifs is 3. The summed E-state index contributed by atoms with van der Waals surface area (Å²) in [6.07, 6.45) is -1.09. The molecule has 1 aliphatic rings. The summed E-state index contributed by atoms with van der Waals surface area (Å²) in [5.74, 6) is -2.07. The van der Waals surface area contributed by atoms with Crippen LogP contribution in [0.5, 0.6) is 0 Å². The lowest BCUT2D eigenvalue weighted by atomic mass is 9.89. The van der Waals surface area contributed by atoms with Gasteiger partial charge < -0.3 is 15.0 Å². The first-order valence-electron chi connectivity index (χ1n) is 10.5. The smallest absolute Gasteiger partial charge is 0.454 e. The van der Waals surface area contributed by atoms with E-state index in [-0.39, 0.29) is 29.2 Å². The Morgan fingerprint density at radius 2 is 2.09 bits per heavy atom. The van der Waals surface area contributed by atoms with Crippen LogP contribution in [0.1, 0.15) is 40.0 Å². The number of thiophene rings is 1. The Morgan fingerprint density at radius 3 is 2.85 bits per heavy atom. The Bertz CT molecular complexity index is 1340. The molecule has 0 saturated heterocycles. The number of allylic oxidation sites excluding steroid dienone is 1. The van der Waals surface area contributed by atoms with Crippen LogP contribution in [-0.2, 0) is 29.0 Å². The minimum atomic E-state index is -4.98. The standard InChI is InChI=1S/C23H20F3N3O4S/c1-12-6-7-14-16(10-12)34-21-19(14)20(31)28-18(29-21)11-33-22(32)13-4-2-3-5-15(13)27-9-8-17(30)23(24,25)26/h2-5,8-9,12,27H,6-7,10-11H2,1H3,(H,28,29,31). The third-order valence-electron chi connectivity index (χ3n) is 5.45. The molecule has 1 aromatic carbocycles. The zero-order valence-corrected chi connectivity index (χ0v) is 18.8. The summed E-state index contributed by atoms with van der Waals surface area (Å²) in [6, 6.07) is 5.97. The van der Waals surface area contributed by atoms with Crippen LogP contribution in [-0.4, -0.2) is 27.9 Å². The molecule has 1 unspecified atom stereocenters. The highest BCUT2D eigenvalue weighted by atomic mass is 32.1. The molecule has 178 valence electrons. The second-order valence-corrected chi connectivity index (χ2v) is 9.09. The van der Waals surface area contributed by atoms with Crippen molar-refractivity contribution in [2.75, 3.05) is 5.32 Å². The van der Waals surface area contributed by atoms with Crippen molar-refractivity contribution in [3.8, 4) is 0 Å². The zero-order valence-electron chi connectivity index (χ0n) is 18.0. The molecule has 1 aliphatic carbocycles. The molecule has 2 heterocycles. The number of benzene rings is 1. The lowest BCUT2D eigenvalue weighted by Gasteiger charge is -2.17. The number of H-pyrrole nitrogens is 1. The summed E-state index contributed by atoms with van der Waals surface area (Å²) in [7, 11) is 0. The highest BCUT2D eigenvalue weighted by molar-refractivity contribution is 7.18. The topological polar surface area (TPSA) is 101 Å². The Labute approximate surface area is 195 Å². The maximum absolute atomic E-state index is 12.7. The van der Waals surface area contributed by atoms with Crippen LogP contribution in [0.2, 0.25) is 0 Å². The van der Waals surface area contributed by atoms with Gasteiger partial charge in [0.05, 0.1) is 16.6 Å². The Morgan fingerprint density at radius 1 is 1.32 bits per heavy atom. The number of nitrogens with one attached hydrogen (secondary N) is 2. The highest BCUT2D eigenvalue weighted by Gasteiger charge is 2.36. The van der Waals surface area contributed by atoms with E-state index in [9.17, 15) is 27.6 Å². The molecule has 0 saturated carbocycles. The van der Waals surface area contributed by atoms with Gasteiger partial charge in [0.1, 0.15) is 17.3 Å². The molecule has 4 rings (SSSR count). The molecule has 0 aliphatic heterocycles. The SMILES string of the molecule is CC1CCc2c(sc3nc(COC(=O)c4ccccc4NC=CC(=O)C(F)(F)F)[nH]c(=O)c23)C1. The van der Waals surface area contributed by atoms with Crippen LogP contribution in [0.3, 0.4) is 0 Å². The van der Waals surface area contributed by atoms with E-state index in [0.29, 0.717) is 22.2 Å². The number of alkyl halides is 3. The van der Waals surface area contributed by atoms with Crippen LogP contribution in [0.4, 0.5) is 18.9 Å². The molecule has 0 bridgehead atoms. The molecule has 34 heavy (non-hydrogen) atoms. The second kappa shape index (κ2) is 9.41. The van der Waals surface area contributed by atoms with Crippen molar-refractivity contribution in [3.63, 3.8) is 0 Å². The van der Waals surface area contributed by atoms with Crippen LogP contribution < -0.4 is 10.9 Å². The molecule has 0 fully saturated rings. The van der Waals surface area contributed by atoms with E-state index in [1.807, 2.05) is 0 Å². The Hall–Kier alpha value is -3.47. The van der Waals surface area contributed by atoms with E-state index in [1.165, 1.54) is 23.5 Å². The number of aromatic amines is 1. The number of nitrogens with zero attached hydrogens (tertiary/aromatic N) is 1. The van der Waals surface area contributed by atoms with Crippen LogP contribution in [0.15, 0.2) is 41.3 Å². The van der Waals surface area contributed by atoms with Gasteiger partial charge >= 0.3 is 12.1 Å². The normalized spacial score (nSPS) is 15.9. The minimum Gasteiger partial charge on any atom is -0.454 e. The van der Waals surface area contributed by atoms with Gasteiger partial charge in [-0.2, -0.15) is 13.2 Å². The van der Waals surface area contributed by atoms with Crippen LogP contribution in [0, 0.1) is 5.92 Å². The fraction of sp³-hybridized carbons (Fsp3) is 0.304. The van der Waals surface area contributed by atoms with Gasteiger partial charge in [-0.3, -0.25) is 9.59 Å². The summed E-state index contributed by atoms with van der Waals surface area (Å²) in [4.78, 5) is 45.1. The number of para-hydroxylation sites is 1. The van der Waals surface area contributed by atoms with Crippen molar-refractivity contribution in [2.24, 2.45) is 5.92 Å². The van der Waals surface area contributed by atoms with Gasteiger partial charge in [0.15, 0.2) is 0 Å². The van der Waals surface area contributed by atoms with Gasteiger partial charge in [-0.1, -0.05) is 19.1 Å². The van der Waals surface area contributed by atoms with Crippen molar-refractivity contribution in [1.29, 1.82) is 0 Å². The van der Waals surface area contributed by atoms with Gasteiger partial charge in [0.2, 0.25) is 0 Å². The fourth-order valence-corrected chi connectivity index (χ4v) is 5.16. The molecule has 7 nitrogen and oxygen atoms in total. The fourth-order valence-electron chi connectivity index (χ4n) is 3.76. The maximum Gasteiger partial charge on any atom is 0.454 e. The number of carbonyl (C=O) groups is 2. The molecule has 0 amide bonds. The number of carbonyl (C=O) groups excluding carboxylic acids is 2. The molecule has 0 spiro atoms. The van der Waals surface area contributed by atoms with Crippen molar-refractivity contribution < 1.29 is 27.5 Å². The Kier molecular flexibility index (Phi) is 6.56. The molecule has 11 heteroatoms. The van der Waals surface area contributed by atoms with Crippen molar-refractivity contribution in [1.82, 2.24) is 9.97 Å². The predicted molar refractivity (Wildman–Crippen MR) is 121 cm³/mol. The number of ketones is 1. The molecule has 3 aromatic rings. The third kappa shape index (κ3) is 5.04. The second-order valence-electron chi connectivity index (χ2n) is 8.01. The summed E-state index contributed by atoms with van der Waals surface area (Å²) >= 11 is 1.48. The number of halogens is 3. The third-order valence-corrected chi connectivity index (χ3v) is 6.60. The molecule has 0 radical (unpaired) electrons. The van der Waals surface area contributed by atoms with Crippen molar-refractivity contribution >= 4 is 39.0 Å². The van der Waals surface area contributed by atoms with E-state index in [0.717, 1.165) is 35.9 Å². The number of ether oxygens (including phenoxy) is 1. The maximum atomic E-state index is 12.7. The Balaban J connectivity index is 1.48. The first-order valence-corrected chi connectivity index (χ1v) is 11.3. The lowest BCUT2D eigenvalue weighted by Crippen LogP contribution is -2.20. The summed E-state index contributed by atoms with van der Waals surface area (Å²) < 4.78 is 42.2. The van der Waals surface area contributed by atoms with Gasteiger partial charge in [0, 0.05) is 17.2 Å². The molecular weight excluding hydrogens is 471 g/mol. The first kappa shape index (κ1) is 23.7. The number of hydrogen-bond acceptors (Lipinski definition) is 7. The van der Waals surface area contributed by atoms with E-state index in [4.69, 9.17) is 4.74 Å². The van der Waals surface area contributed by atoms with Gasteiger partial charge in [-0.15, -0.1) is 11.3 Å².